The number of carbonyl (C=O) groups is 2. The Morgan fingerprint density at radius 2 is 1.88 bits per heavy atom. The molecule has 132 valence electrons. The molecule has 0 spiro atoms. The molecule has 1 aliphatic heterocycles. The van der Waals surface area contributed by atoms with E-state index in [-0.39, 0.29) is 40.7 Å². The summed E-state index contributed by atoms with van der Waals surface area (Å²) in [6, 6.07) is 2.99. The highest BCUT2D eigenvalue weighted by molar-refractivity contribution is 6.42. The van der Waals surface area contributed by atoms with Crippen molar-refractivity contribution in [3.8, 4) is 0 Å². The van der Waals surface area contributed by atoms with Gasteiger partial charge in [0.2, 0.25) is 5.95 Å². The van der Waals surface area contributed by atoms with Crippen LogP contribution in [0.5, 0.6) is 0 Å². The monoisotopic (exact) mass is 401 g/mol. The Kier molecular flexibility index (Phi) is 4.95. The van der Waals surface area contributed by atoms with Crippen LogP contribution in [0.15, 0.2) is 12.1 Å². The first kappa shape index (κ1) is 18.0. The van der Waals surface area contributed by atoms with Crippen molar-refractivity contribution in [1.29, 1.82) is 0 Å². The van der Waals surface area contributed by atoms with Crippen LogP contribution in [-0.2, 0) is 22.5 Å². The molecule has 0 N–H and O–H groups in total. The molecule has 1 aromatic heterocycles. The molecule has 6 nitrogen and oxygen atoms in total. The van der Waals surface area contributed by atoms with Crippen molar-refractivity contribution in [3.63, 3.8) is 0 Å². The van der Waals surface area contributed by atoms with Crippen molar-refractivity contribution in [2.75, 3.05) is 11.5 Å². The molecular formula is C16H14Cl3N3O3. The number of imidazole rings is 1. The van der Waals surface area contributed by atoms with Crippen molar-refractivity contribution >= 4 is 58.3 Å². The quantitative estimate of drug-likeness (QED) is 0.717. The van der Waals surface area contributed by atoms with Gasteiger partial charge in [-0.1, -0.05) is 41.7 Å². The first-order valence-electron chi connectivity index (χ1n) is 7.63. The van der Waals surface area contributed by atoms with Crippen LogP contribution >= 0.6 is 34.8 Å². The smallest absolute Gasteiger partial charge is 0.356 e. The number of halogens is 3. The molecule has 0 atom stereocenters. The summed E-state index contributed by atoms with van der Waals surface area (Å²) >= 11 is 18.4. The Hall–Kier alpha value is -1.76. The highest BCUT2D eigenvalue weighted by Gasteiger charge is 2.38. The largest absolute Gasteiger partial charge is 0.461 e. The molecule has 9 heteroatoms. The summed E-state index contributed by atoms with van der Waals surface area (Å²) in [5.41, 5.74) is 1.11. The third-order valence-corrected chi connectivity index (χ3v) is 4.57. The predicted molar refractivity (Wildman–Crippen MR) is 96.2 cm³/mol. The number of fused-ring (bicyclic) bond motifs is 1. The molecule has 1 aromatic carbocycles. The zero-order chi connectivity index (χ0) is 18.3. The molecule has 3 rings (SSSR count). The molecule has 2 heterocycles. The van der Waals surface area contributed by atoms with E-state index in [0.717, 1.165) is 0 Å². The van der Waals surface area contributed by atoms with Crippen molar-refractivity contribution in [3.05, 3.63) is 38.6 Å². The maximum absolute atomic E-state index is 12.6. The molecule has 0 radical (unpaired) electrons. The summed E-state index contributed by atoms with van der Waals surface area (Å²) in [4.78, 5) is 30.6. The lowest BCUT2D eigenvalue weighted by atomic mass is 10.2. The number of esters is 1. The van der Waals surface area contributed by atoms with Gasteiger partial charge in [-0.15, -0.1) is 0 Å². The maximum Gasteiger partial charge on any atom is 0.356 e. The number of aryl methyl sites for hydroxylation is 1. The number of benzene rings is 1. The van der Waals surface area contributed by atoms with Crippen LogP contribution < -0.4 is 4.90 Å². The third kappa shape index (κ3) is 2.99. The molecule has 0 unspecified atom stereocenters. The van der Waals surface area contributed by atoms with Crippen LogP contribution in [0, 0.1) is 0 Å². The van der Waals surface area contributed by atoms with E-state index in [1.807, 2.05) is 6.92 Å². The second-order valence-corrected chi connectivity index (χ2v) is 6.57. The summed E-state index contributed by atoms with van der Waals surface area (Å²) in [6.45, 7) is 3.77. The van der Waals surface area contributed by atoms with Gasteiger partial charge in [0.1, 0.15) is 6.54 Å². The summed E-state index contributed by atoms with van der Waals surface area (Å²) in [7, 11) is 0. The fourth-order valence-corrected chi connectivity index (χ4v) is 3.76. The van der Waals surface area contributed by atoms with E-state index in [9.17, 15) is 9.59 Å². The van der Waals surface area contributed by atoms with Gasteiger partial charge in [0, 0.05) is 5.02 Å². The minimum Gasteiger partial charge on any atom is -0.461 e. The van der Waals surface area contributed by atoms with Crippen LogP contribution in [0.3, 0.4) is 0 Å². The lowest BCUT2D eigenvalue weighted by Crippen LogP contribution is -2.23. The molecule has 0 saturated heterocycles. The van der Waals surface area contributed by atoms with E-state index < -0.39 is 5.97 Å². The number of amides is 1. The van der Waals surface area contributed by atoms with Crippen molar-refractivity contribution in [1.82, 2.24) is 9.55 Å². The zero-order valence-electron chi connectivity index (χ0n) is 13.5. The fraction of sp³-hybridized carbons (Fsp3) is 0.312. The Morgan fingerprint density at radius 3 is 2.44 bits per heavy atom. The van der Waals surface area contributed by atoms with E-state index in [2.05, 4.69) is 4.98 Å². The van der Waals surface area contributed by atoms with E-state index in [1.54, 1.807) is 6.92 Å². The Labute approximate surface area is 159 Å². The standard InChI is InChI=1S/C16H14Cl3N3O3/c1-3-11-14(15(24)25-4-2)21-7-12(23)22(16(21)20-11)13-9(18)5-8(17)6-10(13)19/h5-6H,3-4,7H2,1-2H3. The number of hydrogen-bond acceptors (Lipinski definition) is 4. The van der Waals surface area contributed by atoms with Gasteiger partial charge >= 0.3 is 5.97 Å². The van der Waals surface area contributed by atoms with E-state index in [1.165, 1.54) is 21.6 Å². The Balaban J connectivity index is 2.17. The highest BCUT2D eigenvalue weighted by atomic mass is 35.5. The number of aromatic nitrogens is 2. The molecule has 25 heavy (non-hydrogen) atoms. The summed E-state index contributed by atoms with van der Waals surface area (Å²) in [5.74, 6) is -0.529. The number of carbonyl (C=O) groups excluding carboxylic acids is 2. The summed E-state index contributed by atoms with van der Waals surface area (Å²) in [5, 5.41) is 0.797. The molecular weight excluding hydrogens is 389 g/mol. The number of nitrogens with zero attached hydrogens (tertiary/aromatic N) is 3. The van der Waals surface area contributed by atoms with Crippen molar-refractivity contribution in [2.45, 2.75) is 26.8 Å². The summed E-state index contributed by atoms with van der Waals surface area (Å²) in [6.07, 6.45) is 0.512. The van der Waals surface area contributed by atoms with Gasteiger partial charge in [0.15, 0.2) is 5.69 Å². The van der Waals surface area contributed by atoms with Crippen LogP contribution in [0.4, 0.5) is 11.6 Å². The van der Waals surface area contributed by atoms with Gasteiger partial charge in [-0.25, -0.2) is 14.7 Å². The van der Waals surface area contributed by atoms with Crippen molar-refractivity contribution < 1.29 is 14.3 Å². The van der Waals surface area contributed by atoms with Gasteiger partial charge in [0.05, 0.1) is 28.0 Å². The number of anilines is 2. The fourth-order valence-electron chi connectivity index (χ4n) is 2.77. The van der Waals surface area contributed by atoms with E-state index in [4.69, 9.17) is 39.5 Å². The second-order valence-electron chi connectivity index (χ2n) is 5.31. The minimum absolute atomic E-state index is 0.0498. The van der Waals surface area contributed by atoms with Gasteiger partial charge in [-0.2, -0.15) is 0 Å². The lowest BCUT2D eigenvalue weighted by Gasteiger charge is -2.17. The minimum atomic E-state index is -0.513. The maximum atomic E-state index is 12.6. The van der Waals surface area contributed by atoms with Gasteiger partial charge in [-0.05, 0) is 25.5 Å². The average Bonchev–Trinajstić information content (AvgIpc) is 3.02. The molecule has 0 fully saturated rings. The molecule has 0 aliphatic carbocycles. The highest BCUT2D eigenvalue weighted by Crippen LogP contribution is 2.42. The number of ether oxygens (including phenoxy) is 1. The first-order chi connectivity index (χ1) is 11.9. The zero-order valence-corrected chi connectivity index (χ0v) is 15.7. The Bertz CT molecular complexity index is 856. The molecule has 2 aromatic rings. The van der Waals surface area contributed by atoms with Gasteiger partial charge in [-0.3, -0.25) is 9.36 Å². The third-order valence-electron chi connectivity index (χ3n) is 3.77. The van der Waals surface area contributed by atoms with Crippen molar-refractivity contribution in [2.24, 2.45) is 0 Å². The average molecular weight is 403 g/mol. The molecule has 0 saturated carbocycles. The molecule has 1 amide bonds. The van der Waals surface area contributed by atoms with E-state index in [0.29, 0.717) is 22.8 Å². The predicted octanol–water partition coefficient (Wildman–Crippen LogP) is 4.26. The van der Waals surface area contributed by atoms with Crippen LogP contribution in [0.2, 0.25) is 15.1 Å². The van der Waals surface area contributed by atoms with E-state index >= 15 is 0 Å². The topological polar surface area (TPSA) is 64.4 Å². The number of hydrogen-bond donors (Lipinski definition) is 0. The van der Waals surface area contributed by atoms with Crippen LogP contribution in [0.25, 0.3) is 0 Å². The Morgan fingerprint density at radius 1 is 1.24 bits per heavy atom. The van der Waals surface area contributed by atoms with Gasteiger partial charge in [0.25, 0.3) is 5.91 Å². The first-order valence-corrected chi connectivity index (χ1v) is 8.76. The normalized spacial score (nSPS) is 13.3. The second kappa shape index (κ2) is 6.86. The lowest BCUT2D eigenvalue weighted by molar-refractivity contribution is -0.117. The molecule has 1 aliphatic rings. The molecule has 0 bridgehead atoms. The van der Waals surface area contributed by atoms with Crippen LogP contribution in [-0.4, -0.2) is 28.0 Å². The van der Waals surface area contributed by atoms with Crippen LogP contribution in [0.1, 0.15) is 30.0 Å². The summed E-state index contributed by atoms with van der Waals surface area (Å²) < 4.78 is 6.62. The number of rotatable bonds is 4. The van der Waals surface area contributed by atoms with Gasteiger partial charge < -0.3 is 4.74 Å². The SMILES string of the molecule is CCOC(=O)c1c(CC)nc2n1CC(=O)N2c1c(Cl)cc(Cl)cc1Cl.